The number of amides is 1. The molecule has 0 fully saturated rings. The lowest BCUT2D eigenvalue weighted by molar-refractivity contribution is -0.121. The fourth-order valence-electron chi connectivity index (χ4n) is 3.42. The van der Waals surface area contributed by atoms with Crippen molar-refractivity contribution in [2.45, 2.75) is 52.7 Å². The van der Waals surface area contributed by atoms with Crippen LogP contribution < -0.4 is 14.8 Å². The summed E-state index contributed by atoms with van der Waals surface area (Å²) in [4.78, 5) is 12.2. The van der Waals surface area contributed by atoms with Crippen LogP contribution in [-0.2, 0) is 17.9 Å². The van der Waals surface area contributed by atoms with Crippen LogP contribution in [0.4, 0.5) is 0 Å². The highest BCUT2D eigenvalue weighted by Crippen LogP contribution is 2.29. The molecule has 192 valence electrons. The van der Waals surface area contributed by atoms with Crippen molar-refractivity contribution in [1.82, 2.24) is 20.3 Å². The van der Waals surface area contributed by atoms with Gasteiger partial charge in [-0.3, -0.25) is 4.79 Å². The third-order valence-corrected chi connectivity index (χ3v) is 6.09. The number of carbonyl (C=O) groups is 1. The average Bonchev–Trinajstić information content (AvgIpc) is 3.34. The number of hydrogen-bond acceptors (Lipinski definition) is 5. The number of methoxy groups -OCH3 is 1. The van der Waals surface area contributed by atoms with Gasteiger partial charge in [-0.2, -0.15) is 0 Å². The molecule has 1 amide bonds. The maximum atomic E-state index is 12.2. The van der Waals surface area contributed by atoms with E-state index < -0.39 is 0 Å². The number of unbranched alkanes of at least 4 members (excludes halogenated alkanes) is 2. The number of ether oxygens (including phenoxy) is 2. The minimum Gasteiger partial charge on any atom is -0.493 e. The summed E-state index contributed by atoms with van der Waals surface area (Å²) in [5.41, 5.74) is 2.31. The van der Waals surface area contributed by atoms with Crippen molar-refractivity contribution in [3.63, 3.8) is 0 Å². The number of benzene rings is 2. The smallest absolute Gasteiger partial charge is 0.220 e. The number of carbonyl (C=O) groups excluding carboxylic acids is 1. The number of allylic oxidation sites excluding steroid dienone is 2. The number of halogens is 2. The minimum absolute atomic E-state index is 0.0483. The van der Waals surface area contributed by atoms with Crippen molar-refractivity contribution in [1.29, 1.82) is 0 Å². The first-order valence-corrected chi connectivity index (χ1v) is 12.7. The molecule has 0 saturated carbocycles. The summed E-state index contributed by atoms with van der Waals surface area (Å²) in [6.07, 6.45) is 9.57. The van der Waals surface area contributed by atoms with E-state index in [1.54, 1.807) is 36.2 Å². The van der Waals surface area contributed by atoms with Gasteiger partial charge in [-0.25, -0.2) is 4.68 Å². The van der Waals surface area contributed by atoms with E-state index in [0.717, 1.165) is 30.5 Å². The monoisotopic (exact) mass is 530 g/mol. The fourth-order valence-corrected chi connectivity index (χ4v) is 3.71. The van der Waals surface area contributed by atoms with Crippen molar-refractivity contribution >= 4 is 29.1 Å². The van der Waals surface area contributed by atoms with Crippen LogP contribution in [0.5, 0.6) is 11.5 Å². The van der Waals surface area contributed by atoms with Crippen molar-refractivity contribution in [3.8, 4) is 17.2 Å². The lowest BCUT2D eigenvalue weighted by Crippen LogP contribution is -2.22. The molecule has 1 aromatic heterocycles. The molecule has 0 spiro atoms. The third kappa shape index (κ3) is 8.57. The molecule has 0 aliphatic rings. The van der Waals surface area contributed by atoms with E-state index in [1.807, 2.05) is 18.2 Å². The molecule has 1 heterocycles. The Kier molecular flexibility index (Phi) is 10.6. The second-order valence-corrected chi connectivity index (χ2v) is 9.54. The zero-order valence-electron chi connectivity index (χ0n) is 20.8. The van der Waals surface area contributed by atoms with E-state index in [9.17, 15) is 4.79 Å². The van der Waals surface area contributed by atoms with E-state index in [1.165, 1.54) is 0 Å². The summed E-state index contributed by atoms with van der Waals surface area (Å²) in [7, 11) is 1.58. The molecule has 0 unspecified atom stereocenters. The first-order valence-electron chi connectivity index (χ1n) is 12.0. The van der Waals surface area contributed by atoms with Crippen molar-refractivity contribution < 1.29 is 14.3 Å². The van der Waals surface area contributed by atoms with Gasteiger partial charge in [0.1, 0.15) is 12.3 Å². The molecular formula is C27H32Cl2N4O3. The standard InChI is InChI=1S/C27H32Cl2N4O3/c1-19(2)8-6-4-5-7-9-27(34)30-16-20-10-13-25(26(14-20)35-3)36-18-21-17-33(32-31-21)22-11-12-23(28)24(29)15-22/h6,8,10-15,17,19H,4-5,7,9,16,18H2,1-3H3,(H,30,34)/b8-6+. The Morgan fingerprint density at radius 3 is 2.69 bits per heavy atom. The highest BCUT2D eigenvalue weighted by atomic mass is 35.5. The topological polar surface area (TPSA) is 78.3 Å². The highest BCUT2D eigenvalue weighted by molar-refractivity contribution is 6.42. The van der Waals surface area contributed by atoms with E-state index in [2.05, 4.69) is 41.6 Å². The molecule has 3 aromatic rings. The second-order valence-electron chi connectivity index (χ2n) is 8.72. The molecule has 3 rings (SSSR count). The van der Waals surface area contributed by atoms with Gasteiger partial charge in [-0.1, -0.05) is 60.5 Å². The van der Waals surface area contributed by atoms with Gasteiger partial charge in [0.2, 0.25) is 5.91 Å². The van der Waals surface area contributed by atoms with Crippen molar-refractivity contribution in [2.24, 2.45) is 5.92 Å². The van der Waals surface area contributed by atoms with Crippen LogP contribution in [0.2, 0.25) is 10.0 Å². The van der Waals surface area contributed by atoms with Crippen LogP contribution in [0.1, 0.15) is 50.8 Å². The minimum atomic E-state index is 0.0483. The van der Waals surface area contributed by atoms with Crippen molar-refractivity contribution in [3.05, 3.63) is 76.0 Å². The zero-order chi connectivity index (χ0) is 25.9. The van der Waals surface area contributed by atoms with E-state index in [0.29, 0.717) is 46.1 Å². The van der Waals surface area contributed by atoms with Gasteiger partial charge in [0.05, 0.1) is 29.0 Å². The largest absolute Gasteiger partial charge is 0.493 e. The predicted molar refractivity (Wildman–Crippen MR) is 143 cm³/mol. The maximum Gasteiger partial charge on any atom is 0.220 e. The lowest BCUT2D eigenvalue weighted by Gasteiger charge is -2.12. The van der Waals surface area contributed by atoms with Crippen LogP contribution in [0.25, 0.3) is 5.69 Å². The molecule has 0 radical (unpaired) electrons. The lowest BCUT2D eigenvalue weighted by atomic mass is 10.1. The summed E-state index contributed by atoms with van der Waals surface area (Å²) in [6, 6.07) is 10.8. The quantitative estimate of drug-likeness (QED) is 0.200. The molecule has 0 aliphatic carbocycles. The number of nitrogens with one attached hydrogen (secondary N) is 1. The number of nitrogens with zero attached hydrogens (tertiary/aromatic N) is 3. The van der Waals surface area contributed by atoms with Crippen LogP contribution in [-0.4, -0.2) is 28.0 Å². The molecule has 0 saturated heterocycles. The molecule has 9 heteroatoms. The second kappa shape index (κ2) is 13.9. The van der Waals surface area contributed by atoms with E-state index in [-0.39, 0.29) is 12.5 Å². The summed E-state index contributed by atoms with van der Waals surface area (Å²) < 4.78 is 13.0. The SMILES string of the molecule is COc1cc(CNC(=O)CCCC/C=C/C(C)C)ccc1OCc1cn(-c2ccc(Cl)c(Cl)c2)nn1. The summed E-state index contributed by atoms with van der Waals surface area (Å²) >= 11 is 12.1. The predicted octanol–water partition coefficient (Wildman–Crippen LogP) is 6.55. The van der Waals surface area contributed by atoms with Gasteiger partial charge in [0.25, 0.3) is 0 Å². The summed E-state index contributed by atoms with van der Waals surface area (Å²) in [6.45, 7) is 4.95. The Balaban J connectivity index is 1.48. The number of rotatable bonds is 13. The Labute approximate surface area is 222 Å². The Morgan fingerprint density at radius 1 is 1.11 bits per heavy atom. The van der Waals surface area contributed by atoms with Gasteiger partial charge in [0.15, 0.2) is 11.5 Å². The van der Waals surface area contributed by atoms with Crippen LogP contribution >= 0.6 is 23.2 Å². The van der Waals surface area contributed by atoms with Crippen LogP contribution in [0.3, 0.4) is 0 Å². The molecule has 36 heavy (non-hydrogen) atoms. The Bertz CT molecular complexity index is 1180. The number of hydrogen-bond donors (Lipinski definition) is 1. The van der Waals surface area contributed by atoms with Crippen LogP contribution in [0.15, 0.2) is 54.7 Å². The normalized spacial score (nSPS) is 11.3. The van der Waals surface area contributed by atoms with E-state index in [4.69, 9.17) is 32.7 Å². The van der Waals surface area contributed by atoms with Gasteiger partial charge in [-0.15, -0.1) is 5.10 Å². The van der Waals surface area contributed by atoms with Gasteiger partial charge >= 0.3 is 0 Å². The first kappa shape index (κ1) is 27.6. The van der Waals surface area contributed by atoms with Crippen LogP contribution in [0, 0.1) is 5.92 Å². The molecule has 1 N–H and O–H groups in total. The van der Waals surface area contributed by atoms with Gasteiger partial charge in [-0.05, 0) is 61.1 Å². The van der Waals surface area contributed by atoms with Gasteiger partial charge in [0, 0.05) is 13.0 Å². The summed E-state index contributed by atoms with van der Waals surface area (Å²) in [5, 5.41) is 12.2. The zero-order valence-corrected chi connectivity index (χ0v) is 22.4. The number of aromatic nitrogens is 3. The molecule has 0 bridgehead atoms. The Morgan fingerprint density at radius 2 is 1.94 bits per heavy atom. The molecule has 7 nitrogen and oxygen atoms in total. The van der Waals surface area contributed by atoms with Gasteiger partial charge < -0.3 is 14.8 Å². The maximum absolute atomic E-state index is 12.2. The molecular weight excluding hydrogens is 499 g/mol. The van der Waals surface area contributed by atoms with Crippen molar-refractivity contribution in [2.75, 3.05) is 7.11 Å². The molecule has 0 atom stereocenters. The Hall–Kier alpha value is -3.03. The molecule has 2 aromatic carbocycles. The third-order valence-electron chi connectivity index (χ3n) is 5.35. The first-order chi connectivity index (χ1) is 17.4. The fraction of sp³-hybridized carbons (Fsp3) is 0.370. The summed E-state index contributed by atoms with van der Waals surface area (Å²) in [5.74, 6) is 1.77. The van der Waals surface area contributed by atoms with E-state index >= 15 is 0 Å². The highest BCUT2D eigenvalue weighted by Gasteiger charge is 2.10. The molecule has 0 aliphatic heterocycles. The average molecular weight is 531 g/mol.